The van der Waals surface area contributed by atoms with Gasteiger partial charge in [0.2, 0.25) is 5.91 Å². The number of carbonyl (C=O) groups excluding carboxylic acids is 1. The zero-order valence-electron chi connectivity index (χ0n) is 14.6. The van der Waals surface area contributed by atoms with Gasteiger partial charge in [0.25, 0.3) is 0 Å². The van der Waals surface area contributed by atoms with Crippen LogP contribution in [0.25, 0.3) is 11.3 Å². The van der Waals surface area contributed by atoms with Gasteiger partial charge >= 0.3 is 0 Å². The summed E-state index contributed by atoms with van der Waals surface area (Å²) in [5, 5.41) is 9.76. The third kappa shape index (κ3) is 3.11. The van der Waals surface area contributed by atoms with Crippen molar-refractivity contribution in [3.8, 4) is 11.3 Å². The Kier molecular flexibility index (Phi) is 4.61. The summed E-state index contributed by atoms with van der Waals surface area (Å²) >= 11 is 1.62. The SMILES string of the molecule is CC(NC(=O)[C@@]12CCCC[C@H]1CNC2)c1nc(-c2ccccc2)cs1. The Hall–Kier alpha value is -1.72. The Morgan fingerprint density at radius 1 is 1.36 bits per heavy atom. The fourth-order valence-electron chi connectivity index (χ4n) is 4.32. The lowest BCUT2D eigenvalue weighted by Gasteiger charge is -2.37. The summed E-state index contributed by atoms with van der Waals surface area (Å²) in [6.45, 7) is 3.85. The van der Waals surface area contributed by atoms with Crippen molar-refractivity contribution in [1.29, 1.82) is 0 Å². The van der Waals surface area contributed by atoms with Crippen molar-refractivity contribution < 1.29 is 4.79 Å². The minimum atomic E-state index is -0.202. The first-order valence-corrected chi connectivity index (χ1v) is 10.1. The monoisotopic (exact) mass is 355 g/mol. The number of fused-ring (bicyclic) bond motifs is 1. The maximum atomic E-state index is 13.1. The van der Waals surface area contributed by atoms with Crippen LogP contribution in [0, 0.1) is 11.3 Å². The van der Waals surface area contributed by atoms with Crippen LogP contribution < -0.4 is 10.6 Å². The predicted molar refractivity (Wildman–Crippen MR) is 101 cm³/mol. The van der Waals surface area contributed by atoms with Gasteiger partial charge < -0.3 is 10.6 Å². The number of nitrogens with one attached hydrogen (secondary N) is 2. The molecule has 1 amide bonds. The summed E-state index contributed by atoms with van der Waals surface area (Å²) in [6.07, 6.45) is 4.60. The Balaban J connectivity index is 1.48. The van der Waals surface area contributed by atoms with Crippen LogP contribution in [0.3, 0.4) is 0 Å². The molecular weight excluding hydrogens is 330 g/mol. The van der Waals surface area contributed by atoms with Crippen LogP contribution in [0.15, 0.2) is 35.7 Å². The van der Waals surface area contributed by atoms with Crippen molar-refractivity contribution in [2.75, 3.05) is 13.1 Å². The number of amides is 1. The van der Waals surface area contributed by atoms with Gasteiger partial charge in [0.15, 0.2) is 0 Å². The molecule has 4 rings (SSSR count). The van der Waals surface area contributed by atoms with E-state index < -0.39 is 0 Å². The number of hydrogen-bond acceptors (Lipinski definition) is 4. The van der Waals surface area contributed by atoms with Crippen LogP contribution in [0.4, 0.5) is 0 Å². The second-order valence-electron chi connectivity index (χ2n) is 7.36. The van der Waals surface area contributed by atoms with Crippen molar-refractivity contribution in [2.24, 2.45) is 11.3 Å². The normalized spacial score (nSPS) is 26.8. The molecule has 2 aliphatic rings. The van der Waals surface area contributed by atoms with E-state index in [-0.39, 0.29) is 17.4 Å². The molecule has 1 aromatic carbocycles. The number of rotatable bonds is 4. The molecule has 2 heterocycles. The first kappa shape index (κ1) is 16.7. The van der Waals surface area contributed by atoms with Crippen LogP contribution in [0.5, 0.6) is 0 Å². The molecule has 1 aliphatic carbocycles. The van der Waals surface area contributed by atoms with Crippen LogP contribution in [-0.2, 0) is 4.79 Å². The topological polar surface area (TPSA) is 54.0 Å². The highest BCUT2D eigenvalue weighted by atomic mass is 32.1. The number of carbonyl (C=O) groups is 1. The summed E-state index contributed by atoms with van der Waals surface area (Å²) in [5.74, 6) is 0.704. The fourth-order valence-corrected chi connectivity index (χ4v) is 5.16. The molecule has 132 valence electrons. The van der Waals surface area contributed by atoms with Gasteiger partial charge in [-0.15, -0.1) is 11.3 Å². The lowest BCUT2D eigenvalue weighted by Crippen LogP contribution is -2.48. The van der Waals surface area contributed by atoms with Crippen molar-refractivity contribution >= 4 is 17.2 Å². The quantitative estimate of drug-likeness (QED) is 0.878. The van der Waals surface area contributed by atoms with Gasteiger partial charge in [-0.2, -0.15) is 0 Å². The smallest absolute Gasteiger partial charge is 0.228 e. The Morgan fingerprint density at radius 2 is 2.20 bits per heavy atom. The molecule has 2 N–H and O–H groups in total. The zero-order chi connectivity index (χ0) is 17.3. The van der Waals surface area contributed by atoms with Gasteiger partial charge in [0.05, 0.1) is 17.2 Å². The molecule has 5 heteroatoms. The largest absolute Gasteiger partial charge is 0.347 e. The molecule has 1 saturated heterocycles. The zero-order valence-corrected chi connectivity index (χ0v) is 15.4. The van der Waals surface area contributed by atoms with Crippen molar-refractivity contribution in [3.63, 3.8) is 0 Å². The number of benzene rings is 1. The van der Waals surface area contributed by atoms with Gasteiger partial charge in [0.1, 0.15) is 5.01 Å². The van der Waals surface area contributed by atoms with E-state index in [0.29, 0.717) is 5.92 Å². The average molecular weight is 356 g/mol. The molecule has 1 unspecified atom stereocenters. The van der Waals surface area contributed by atoms with Gasteiger partial charge in [-0.05, 0) is 32.2 Å². The third-order valence-corrected chi connectivity index (χ3v) is 6.83. The third-order valence-electron chi connectivity index (χ3n) is 5.80. The molecule has 2 fully saturated rings. The molecule has 1 aromatic heterocycles. The van der Waals surface area contributed by atoms with Crippen LogP contribution >= 0.6 is 11.3 Å². The average Bonchev–Trinajstić information content (AvgIpc) is 3.30. The molecule has 0 bridgehead atoms. The maximum absolute atomic E-state index is 13.1. The summed E-state index contributed by atoms with van der Waals surface area (Å²) < 4.78 is 0. The van der Waals surface area contributed by atoms with Gasteiger partial charge in [0, 0.05) is 17.5 Å². The molecule has 0 radical (unpaired) electrons. The highest BCUT2D eigenvalue weighted by Crippen LogP contribution is 2.44. The van der Waals surface area contributed by atoms with Crippen molar-refractivity contribution in [2.45, 2.75) is 38.6 Å². The molecule has 25 heavy (non-hydrogen) atoms. The summed E-state index contributed by atoms with van der Waals surface area (Å²) in [4.78, 5) is 17.8. The minimum absolute atomic E-state index is 0.0486. The minimum Gasteiger partial charge on any atom is -0.347 e. The Labute approximate surface area is 153 Å². The Morgan fingerprint density at radius 3 is 3.04 bits per heavy atom. The van der Waals surface area contributed by atoms with E-state index in [1.807, 2.05) is 25.1 Å². The highest BCUT2D eigenvalue weighted by Gasteiger charge is 2.50. The maximum Gasteiger partial charge on any atom is 0.228 e. The lowest BCUT2D eigenvalue weighted by molar-refractivity contribution is -0.134. The van der Waals surface area contributed by atoms with Crippen molar-refractivity contribution in [3.05, 3.63) is 40.7 Å². The predicted octanol–water partition coefficient (Wildman–Crippen LogP) is 3.77. The lowest BCUT2D eigenvalue weighted by atomic mass is 9.67. The highest BCUT2D eigenvalue weighted by molar-refractivity contribution is 7.10. The van der Waals surface area contributed by atoms with E-state index in [9.17, 15) is 4.79 Å². The molecule has 0 spiro atoms. The first-order chi connectivity index (χ1) is 12.2. The van der Waals surface area contributed by atoms with Gasteiger partial charge in [-0.3, -0.25) is 4.79 Å². The number of aromatic nitrogens is 1. The number of hydrogen-bond donors (Lipinski definition) is 2. The van der Waals surface area contributed by atoms with Gasteiger partial charge in [-0.1, -0.05) is 43.2 Å². The fraction of sp³-hybridized carbons (Fsp3) is 0.500. The van der Waals surface area contributed by atoms with E-state index in [0.717, 1.165) is 42.2 Å². The second kappa shape index (κ2) is 6.89. The number of thiazole rings is 1. The van der Waals surface area contributed by atoms with Crippen LogP contribution in [-0.4, -0.2) is 24.0 Å². The van der Waals surface area contributed by atoms with Crippen molar-refractivity contribution in [1.82, 2.24) is 15.6 Å². The van der Waals surface area contributed by atoms with E-state index in [2.05, 4.69) is 28.1 Å². The summed E-state index contributed by atoms with van der Waals surface area (Å²) in [5.41, 5.74) is 1.90. The van der Waals surface area contributed by atoms with E-state index in [1.54, 1.807) is 11.3 Å². The standard InChI is InChI=1S/C20H25N3OS/c1-14(18-23-17(12-25-18)15-7-3-2-4-8-15)22-19(24)20-10-6-5-9-16(20)11-21-13-20/h2-4,7-8,12,14,16,21H,5-6,9-11,13H2,1H3,(H,22,24)/t14?,16-,20+/m0/s1. The molecule has 4 nitrogen and oxygen atoms in total. The van der Waals surface area contributed by atoms with Gasteiger partial charge in [-0.25, -0.2) is 4.98 Å². The molecule has 3 atom stereocenters. The second-order valence-corrected chi connectivity index (χ2v) is 8.25. The summed E-state index contributed by atoms with van der Waals surface area (Å²) in [6, 6.07) is 10.1. The van der Waals surface area contributed by atoms with E-state index >= 15 is 0 Å². The molecule has 1 saturated carbocycles. The van der Waals surface area contributed by atoms with E-state index in [1.165, 1.54) is 12.8 Å². The van der Waals surface area contributed by atoms with Crippen LogP contribution in [0.2, 0.25) is 0 Å². The van der Waals surface area contributed by atoms with E-state index in [4.69, 9.17) is 4.98 Å². The number of nitrogens with zero attached hydrogens (tertiary/aromatic N) is 1. The van der Waals surface area contributed by atoms with Crippen LogP contribution in [0.1, 0.15) is 43.7 Å². The molecule has 1 aliphatic heterocycles. The molecular formula is C20H25N3OS. The Bertz CT molecular complexity index is 744. The summed E-state index contributed by atoms with van der Waals surface area (Å²) in [7, 11) is 0. The molecule has 2 aromatic rings. The first-order valence-electron chi connectivity index (χ1n) is 9.21.